The Morgan fingerprint density at radius 3 is 3.00 bits per heavy atom. The number of fused-ring (bicyclic) bond motifs is 1. The minimum atomic E-state index is -0.312. The topological polar surface area (TPSA) is 50.2 Å². The van der Waals surface area contributed by atoms with Crippen LogP contribution >= 0.6 is 0 Å². The van der Waals surface area contributed by atoms with Crippen molar-refractivity contribution in [3.05, 3.63) is 30.0 Å². The summed E-state index contributed by atoms with van der Waals surface area (Å²) < 4.78 is 13.6. The van der Waals surface area contributed by atoms with Crippen molar-refractivity contribution in [1.29, 1.82) is 0 Å². The van der Waals surface area contributed by atoms with E-state index >= 15 is 0 Å². The molecule has 1 atom stereocenters. The van der Waals surface area contributed by atoms with Gasteiger partial charge in [-0.3, -0.25) is 4.79 Å². The van der Waals surface area contributed by atoms with E-state index in [-0.39, 0.29) is 22.5 Å². The van der Waals surface area contributed by atoms with Gasteiger partial charge in [0.05, 0.1) is 0 Å². The van der Waals surface area contributed by atoms with E-state index in [1.165, 1.54) is 0 Å². The van der Waals surface area contributed by atoms with Crippen LogP contribution in [0.4, 0.5) is 4.48 Å². The molecule has 0 aliphatic carbocycles. The molecular formula is C13H15FN4O. The third-order valence-electron chi connectivity index (χ3n) is 3.49. The van der Waals surface area contributed by atoms with Crippen LogP contribution in [-0.2, 0) is 0 Å². The average molecular weight is 262 g/mol. The maximum Gasteiger partial charge on any atom is 0.272 e. The molecular weight excluding hydrogens is 247 g/mol. The van der Waals surface area contributed by atoms with Crippen molar-refractivity contribution in [1.82, 2.24) is 20.2 Å². The Bertz CT molecular complexity index is 624. The number of carbonyl (C=O) groups excluding carboxylic acids is 1. The Kier molecular flexibility index (Phi) is 2.94. The van der Waals surface area contributed by atoms with Gasteiger partial charge in [-0.2, -0.15) is 0 Å². The maximum absolute atomic E-state index is 13.6. The lowest BCUT2D eigenvalue weighted by molar-refractivity contribution is 0.0931. The van der Waals surface area contributed by atoms with E-state index in [4.69, 9.17) is 0 Å². The predicted molar refractivity (Wildman–Crippen MR) is 69.6 cm³/mol. The Hall–Kier alpha value is -1.95. The Labute approximate surface area is 109 Å². The normalized spacial score (nSPS) is 20.0. The highest BCUT2D eigenvalue weighted by Gasteiger charge is 2.24. The van der Waals surface area contributed by atoms with Crippen LogP contribution in [0.5, 0.6) is 0 Å². The van der Waals surface area contributed by atoms with Gasteiger partial charge < -0.3 is 10.2 Å². The summed E-state index contributed by atoms with van der Waals surface area (Å²) in [5.41, 5.74) is 0.462. The van der Waals surface area contributed by atoms with Gasteiger partial charge in [0.15, 0.2) is 5.69 Å². The Morgan fingerprint density at radius 1 is 1.47 bits per heavy atom. The molecule has 1 saturated heterocycles. The fraction of sp³-hybridized carbons (Fsp3) is 0.385. The summed E-state index contributed by atoms with van der Waals surface area (Å²) in [6.07, 6.45) is 0.913. The third-order valence-corrected chi connectivity index (χ3v) is 3.49. The molecule has 0 unspecified atom stereocenters. The third kappa shape index (κ3) is 2.19. The first-order valence-corrected chi connectivity index (χ1v) is 6.28. The summed E-state index contributed by atoms with van der Waals surface area (Å²) in [5.74, 6) is -0.312. The summed E-state index contributed by atoms with van der Waals surface area (Å²) in [4.78, 5) is 14.6. The molecule has 2 aromatic rings. The van der Waals surface area contributed by atoms with Gasteiger partial charge in [-0.05, 0) is 26.1 Å². The monoisotopic (exact) mass is 262 g/mol. The number of rotatable bonds is 2. The quantitative estimate of drug-likeness (QED) is 0.885. The zero-order chi connectivity index (χ0) is 13.4. The Balaban J connectivity index is 1.86. The van der Waals surface area contributed by atoms with Crippen molar-refractivity contribution >= 4 is 16.8 Å². The molecule has 1 N–H and O–H groups in total. The highest BCUT2D eigenvalue weighted by Crippen LogP contribution is 2.18. The molecule has 6 heteroatoms. The van der Waals surface area contributed by atoms with Crippen LogP contribution in [0.3, 0.4) is 0 Å². The van der Waals surface area contributed by atoms with Crippen LogP contribution in [0.15, 0.2) is 24.3 Å². The zero-order valence-electron chi connectivity index (χ0n) is 10.6. The Morgan fingerprint density at radius 2 is 2.26 bits per heavy atom. The highest BCUT2D eigenvalue weighted by atomic mass is 19.2. The lowest BCUT2D eigenvalue weighted by atomic mass is 10.2. The molecule has 100 valence electrons. The van der Waals surface area contributed by atoms with Gasteiger partial charge in [-0.25, -0.2) is 0 Å². The van der Waals surface area contributed by atoms with Crippen molar-refractivity contribution < 1.29 is 9.28 Å². The van der Waals surface area contributed by atoms with E-state index in [1.807, 2.05) is 7.05 Å². The molecule has 0 bridgehead atoms. The second-order valence-electron chi connectivity index (χ2n) is 4.95. The second kappa shape index (κ2) is 4.62. The molecule has 1 aliphatic heterocycles. The minimum absolute atomic E-state index is 0.112. The first-order chi connectivity index (χ1) is 9.15. The zero-order valence-corrected chi connectivity index (χ0v) is 10.6. The molecule has 1 aromatic carbocycles. The molecule has 1 aliphatic rings. The van der Waals surface area contributed by atoms with Crippen molar-refractivity contribution in [2.24, 2.45) is 0 Å². The number of hydrogen-bond acceptors (Lipinski definition) is 3. The summed E-state index contributed by atoms with van der Waals surface area (Å²) in [6, 6.07) is 6.90. The summed E-state index contributed by atoms with van der Waals surface area (Å²) in [7, 11) is 2.01. The number of aromatic nitrogens is 2. The lowest BCUT2D eigenvalue weighted by Gasteiger charge is -2.11. The van der Waals surface area contributed by atoms with E-state index < -0.39 is 0 Å². The number of halogens is 1. The molecule has 5 nitrogen and oxygen atoms in total. The predicted octanol–water partition coefficient (Wildman–Crippen LogP) is 1.20. The van der Waals surface area contributed by atoms with Crippen LogP contribution in [0, 0.1) is 0 Å². The van der Waals surface area contributed by atoms with Crippen molar-refractivity contribution in [3.63, 3.8) is 0 Å². The number of nitrogens with zero attached hydrogens (tertiary/aromatic N) is 3. The van der Waals surface area contributed by atoms with Gasteiger partial charge in [0.2, 0.25) is 0 Å². The number of carbonyl (C=O) groups is 1. The van der Waals surface area contributed by atoms with E-state index in [0.717, 1.165) is 19.5 Å². The van der Waals surface area contributed by atoms with Gasteiger partial charge in [-0.1, -0.05) is 27.6 Å². The smallest absolute Gasteiger partial charge is 0.272 e. The maximum atomic E-state index is 13.6. The summed E-state index contributed by atoms with van der Waals surface area (Å²) >= 11 is 0. The number of nitrogens with one attached hydrogen (secondary N) is 1. The van der Waals surface area contributed by atoms with E-state index in [1.54, 1.807) is 24.3 Å². The molecule has 3 rings (SSSR count). The van der Waals surface area contributed by atoms with E-state index in [9.17, 15) is 9.28 Å². The average Bonchev–Trinajstić information content (AvgIpc) is 2.95. The number of hydrogen-bond donors (Lipinski definition) is 1. The molecule has 2 heterocycles. The van der Waals surface area contributed by atoms with Gasteiger partial charge in [0.1, 0.15) is 5.52 Å². The number of likely N-dealkylation sites (N-methyl/N-ethyl adjacent to an activating group) is 1. The van der Waals surface area contributed by atoms with Crippen LogP contribution in [0.1, 0.15) is 16.9 Å². The number of amides is 1. The highest BCUT2D eigenvalue weighted by molar-refractivity contribution is 6.04. The van der Waals surface area contributed by atoms with Crippen LogP contribution in [-0.4, -0.2) is 47.0 Å². The number of para-hydroxylation sites is 1. The SMILES string of the molecule is CN1CC[C@@H](NC(=O)c2nn(F)c3ccccc23)C1. The van der Waals surface area contributed by atoms with Gasteiger partial charge >= 0.3 is 0 Å². The van der Waals surface area contributed by atoms with Crippen molar-refractivity contribution in [2.45, 2.75) is 12.5 Å². The lowest BCUT2D eigenvalue weighted by Crippen LogP contribution is -2.36. The van der Waals surface area contributed by atoms with Crippen LogP contribution < -0.4 is 5.32 Å². The fourth-order valence-corrected chi connectivity index (χ4v) is 2.50. The molecule has 0 radical (unpaired) electrons. The van der Waals surface area contributed by atoms with E-state index in [2.05, 4.69) is 15.3 Å². The first-order valence-electron chi connectivity index (χ1n) is 6.28. The molecule has 0 spiro atoms. The summed E-state index contributed by atoms with van der Waals surface area (Å²) in [6.45, 7) is 1.78. The molecule has 1 amide bonds. The first kappa shape index (κ1) is 12.1. The van der Waals surface area contributed by atoms with Gasteiger partial charge in [-0.15, -0.1) is 5.10 Å². The minimum Gasteiger partial charge on any atom is -0.347 e. The van der Waals surface area contributed by atoms with Crippen LogP contribution in [0.25, 0.3) is 10.9 Å². The molecule has 0 saturated carbocycles. The van der Waals surface area contributed by atoms with Gasteiger partial charge in [0, 0.05) is 18.0 Å². The largest absolute Gasteiger partial charge is 0.347 e. The number of likely N-dealkylation sites (tertiary alicyclic amines) is 1. The fourth-order valence-electron chi connectivity index (χ4n) is 2.50. The van der Waals surface area contributed by atoms with Crippen molar-refractivity contribution in [3.8, 4) is 0 Å². The van der Waals surface area contributed by atoms with Gasteiger partial charge in [0.25, 0.3) is 5.91 Å². The number of benzene rings is 1. The molecule has 1 aromatic heterocycles. The molecule has 19 heavy (non-hydrogen) atoms. The van der Waals surface area contributed by atoms with E-state index in [0.29, 0.717) is 10.9 Å². The van der Waals surface area contributed by atoms with Crippen LogP contribution in [0.2, 0.25) is 0 Å². The van der Waals surface area contributed by atoms with Crippen molar-refractivity contribution in [2.75, 3.05) is 20.1 Å². The molecule has 1 fully saturated rings. The summed E-state index contributed by atoms with van der Waals surface area (Å²) in [5, 5.41) is 7.12. The second-order valence-corrected chi connectivity index (χ2v) is 4.95. The standard InChI is InChI=1S/C13H15FN4O/c1-17-7-6-9(8-17)15-13(19)12-10-4-2-3-5-11(10)18(14)16-12/h2-5,9H,6-8H2,1H3,(H,15,19)/t9-/m1/s1.